The molecule has 1 saturated heterocycles. The van der Waals surface area contributed by atoms with Gasteiger partial charge in [-0.1, -0.05) is 17.2 Å². The highest BCUT2D eigenvalue weighted by Gasteiger charge is 2.22. The van der Waals surface area contributed by atoms with Crippen LogP contribution in [0.15, 0.2) is 38.7 Å². The van der Waals surface area contributed by atoms with Gasteiger partial charge in [-0.3, -0.25) is 14.7 Å². The van der Waals surface area contributed by atoms with E-state index in [2.05, 4.69) is 10.3 Å². The van der Waals surface area contributed by atoms with Crippen molar-refractivity contribution < 1.29 is 18.0 Å². The topological polar surface area (TPSA) is 81.6 Å². The number of carbonyl (C=O) groups excluding carboxylic acids is 1. The Hall–Kier alpha value is -2.91. The summed E-state index contributed by atoms with van der Waals surface area (Å²) >= 11 is 5.55. The van der Waals surface area contributed by atoms with Crippen LogP contribution in [-0.2, 0) is 11.2 Å². The van der Waals surface area contributed by atoms with Gasteiger partial charge in [0, 0.05) is 43.6 Å². The van der Waals surface area contributed by atoms with Crippen LogP contribution in [0.5, 0.6) is 0 Å². The molecule has 2 heterocycles. The Bertz CT molecular complexity index is 1120. The zero-order valence-electron chi connectivity index (χ0n) is 17.5. The Kier molecular flexibility index (Phi) is 6.48. The molecule has 2 N–H and O–H groups in total. The van der Waals surface area contributed by atoms with Crippen molar-refractivity contribution in [2.75, 3.05) is 37.6 Å². The first-order chi connectivity index (χ1) is 15.3. The first-order valence-corrected chi connectivity index (χ1v) is 10.7. The third kappa shape index (κ3) is 5.11. The van der Waals surface area contributed by atoms with Crippen molar-refractivity contribution in [3.63, 3.8) is 0 Å². The lowest BCUT2D eigenvalue weighted by Crippen LogP contribution is -2.49. The maximum absolute atomic E-state index is 13.7. The van der Waals surface area contributed by atoms with Gasteiger partial charge >= 0.3 is 5.76 Å². The number of piperazine rings is 1. The molecule has 1 fully saturated rings. The summed E-state index contributed by atoms with van der Waals surface area (Å²) < 4.78 is 32.7. The molecule has 0 spiro atoms. The van der Waals surface area contributed by atoms with Crippen LogP contribution in [0.2, 0.25) is 5.02 Å². The van der Waals surface area contributed by atoms with Crippen LogP contribution in [0.4, 0.5) is 14.5 Å². The van der Waals surface area contributed by atoms with Gasteiger partial charge < -0.3 is 14.6 Å². The fourth-order valence-electron chi connectivity index (χ4n) is 3.88. The number of nitrogens with one attached hydrogen (secondary N) is 2. The van der Waals surface area contributed by atoms with Crippen molar-refractivity contribution in [2.24, 2.45) is 0 Å². The molecule has 0 radical (unpaired) electrons. The van der Waals surface area contributed by atoms with E-state index in [-0.39, 0.29) is 12.5 Å². The number of aromatic nitrogens is 1. The first kappa shape index (κ1) is 22.3. The van der Waals surface area contributed by atoms with E-state index in [4.69, 9.17) is 16.0 Å². The first-order valence-electron chi connectivity index (χ1n) is 10.3. The minimum atomic E-state index is -0.791. The third-order valence-corrected chi connectivity index (χ3v) is 5.93. The van der Waals surface area contributed by atoms with Gasteiger partial charge in [0.2, 0.25) is 5.91 Å². The molecular formula is C22H23ClF2N4O3. The van der Waals surface area contributed by atoms with Crippen LogP contribution in [0.1, 0.15) is 24.8 Å². The fraction of sp³-hybridized carbons (Fsp3) is 0.364. The zero-order chi connectivity index (χ0) is 22.8. The summed E-state index contributed by atoms with van der Waals surface area (Å²) in [5, 5.41) is 2.37. The summed E-state index contributed by atoms with van der Waals surface area (Å²) in [7, 11) is 0. The maximum Gasteiger partial charge on any atom is 0.417 e. The number of amides is 1. The minimum Gasteiger partial charge on any atom is -0.408 e. The average Bonchev–Trinajstić information content (AvgIpc) is 3.07. The molecule has 170 valence electrons. The molecule has 4 rings (SSSR count). The van der Waals surface area contributed by atoms with Crippen molar-refractivity contribution in [1.29, 1.82) is 0 Å². The summed E-state index contributed by atoms with van der Waals surface area (Å²) in [6.45, 7) is 4.30. The number of fused-ring (bicyclic) bond motifs is 1. The Labute approximate surface area is 188 Å². The molecule has 0 atom stereocenters. The van der Waals surface area contributed by atoms with Crippen LogP contribution in [0, 0.1) is 11.6 Å². The summed E-state index contributed by atoms with van der Waals surface area (Å²) in [5.41, 5.74) is 2.76. The van der Waals surface area contributed by atoms with E-state index in [1.807, 2.05) is 22.8 Å². The second-order valence-corrected chi connectivity index (χ2v) is 8.36. The summed E-state index contributed by atoms with van der Waals surface area (Å²) in [5.74, 6) is -1.88. The SMILES string of the molecule is C/C1=C\C(NC(=O)CN2CCN(c3cc(F)c(Cl)c(F)c3)CC2)=C/c2oc(=O)[nH]c2CC1. The number of hydrogen-bond donors (Lipinski definition) is 2. The van der Waals surface area contributed by atoms with Crippen molar-refractivity contribution in [1.82, 2.24) is 15.2 Å². The van der Waals surface area contributed by atoms with Crippen LogP contribution in [0.25, 0.3) is 6.08 Å². The Morgan fingerprint density at radius 3 is 2.53 bits per heavy atom. The predicted molar refractivity (Wildman–Crippen MR) is 118 cm³/mol. The van der Waals surface area contributed by atoms with Gasteiger partial charge in [0.1, 0.15) is 16.7 Å². The standard InChI is InChI=1S/C22H23ClF2N4O3/c1-13-2-3-18-19(32-22(31)27-18)9-14(8-13)26-20(30)12-28-4-6-29(7-5-28)15-10-16(24)21(23)17(25)11-15/h8-11H,2-7,12H2,1H3,(H,26,30)(H,27,31)/b13-8+,14-9+. The van der Waals surface area contributed by atoms with Gasteiger partial charge in [-0.25, -0.2) is 13.6 Å². The normalized spacial score (nSPS) is 20.4. The molecule has 1 aromatic carbocycles. The summed E-state index contributed by atoms with van der Waals surface area (Å²) in [6.07, 6.45) is 4.92. The average molecular weight is 465 g/mol. The number of halogens is 3. The van der Waals surface area contributed by atoms with E-state index in [9.17, 15) is 18.4 Å². The Morgan fingerprint density at radius 2 is 1.84 bits per heavy atom. The molecule has 10 heteroatoms. The maximum atomic E-state index is 13.7. The smallest absolute Gasteiger partial charge is 0.408 e. The number of hydrogen-bond acceptors (Lipinski definition) is 5. The summed E-state index contributed by atoms with van der Waals surface area (Å²) in [4.78, 5) is 30.7. The van der Waals surface area contributed by atoms with E-state index < -0.39 is 22.4 Å². The molecule has 2 aliphatic rings. The van der Waals surface area contributed by atoms with Gasteiger partial charge in [0.25, 0.3) is 0 Å². The van der Waals surface area contributed by atoms with Gasteiger partial charge in [0.15, 0.2) is 5.76 Å². The fourth-order valence-corrected chi connectivity index (χ4v) is 3.99. The van der Waals surface area contributed by atoms with E-state index in [0.717, 1.165) is 12.0 Å². The van der Waals surface area contributed by atoms with E-state index >= 15 is 0 Å². The molecule has 1 aliphatic carbocycles. The van der Waals surface area contributed by atoms with Gasteiger partial charge in [0.05, 0.1) is 12.2 Å². The highest BCUT2D eigenvalue weighted by atomic mass is 35.5. The monoisotopic (exact) mass is 464 g/mol. The van der Waals surface area contributed by atoms with Gasteiger partial charge in [-0.05, 0) is 38.0 Å². The lowest BCUT2D eigenvalue weighted by Gasteiger charge is -2.35. The van der Waals surface area contributed by atoms with Gasteiger partial charge in [-0.2, -0.15) is 0 Å². The third-order valence-electron chi connectivity index (χ3n) is 5.57. The number of aryl methyl sites for hydroxylation is 1. The number of benzene rings is 1. The molecule has 1 amide bonds. The van der Waals surface area contributed by atoms with E-state index in [0.29, 0.717) is 55.4 Å². The van der Waals surface area contributed by atoms with Crippen LogP contribution < -0.4 is 16.0 Å². The number of rotatable bonds is 4. The largest absolute Gasteiger partial charge is 0.417 e. The lowest BCUT2D eigenvalue weighted by molar-refractivity contribution is -0.121. The second kappa shape index (κ2) is 9.30. The molecule has 0 unspecified atom stereocenters. The van der Waals surface area contributed by atoms with Crippen molar-refractivity contribution in [3.05, 3.63) is 68.1 Å². The second-order valence-electron chi connectivity index (χ2n) is 7.98. The number of carbonyl (C=O) groups is 1. The Balaban J connectivity index is 1.36. The molecule has 0 saturated carbocycles. The molecule has 32 heavy (non-hydrogen) atoms. The van der Waals surface area contributed by atoms with E-state index in [1.54, 1.807) is 6.08 Å². The zero-order valence-corrected chi connectivity index (χ0v) is 18.3. The Morgan fingerprint density at radius 1 is 1.16 bits per heavy atom. The highest BCUT2D eigenvalue weighted by Crippen LogP contribution is 2.26. The van der Waals surface area contributed by atoms with Crippen LogP contribution in [-0.4, -0.2) is 48.5 Å². The van der Waals surface area contributed by atoms with Crippen molar-refractivity contribution in [3.8, 4) is 0 Å². The quantitative estimate of drug-likeness (QED) is 0.680. The molecule has 2 aromatic rings. The lowest BCUT2D eigenvalue weighted by atomic mass is 10.0. The van der Waals surface area contributed by atoms with Crippen molar-refractivity contribution in [2.45, 2.75) is 19.8 Å². The number of aromatic amines is 1. The van der Waals surface area contributed by atoms with E-state index in [1.165, 1.54) is 12.1 Å². The molecular weight excluding hydrogens is 442 g/mol. The summed E-state index contributed by atoms with van der Waals surface area (Å²) in [6, 6.07) is 2.44. The number of oxazole rings is 1. The molecule has 7 nitrogen and oxygen atoms in total. The number of anilines is 1. The minimum absolute atomic E-state index is 0.172. The number of allylic oxidation sites excluding steroid dienone is 2. The van der Waals surface area contributed by atoms with Crippen LogP contribution >= 0.6 is 11.6 Å². The highest BCUT2D eigenvalue weighted by molar-refractivity contribution is 6.30. The molecule has 0 bridgehead atoms. The van der Waals surface area contributed by atoms with Crippen molar-refractivity contribution >= 4 is 29.3 Å². The number of nitrogens with zero attached hydrogens (tertiary/aromatic N) is 2. The number of H-pyrrole nitrogens is 1. The predicted octanol–water partition coefficient (Wildman–Crippen LogP) is 3.07. The molecule has 1 aromatic heterocycles. The van der Waals surface area contributed by atoms with Crippen LogP contribution in [0.3, 0.4) is 0 Å². The van der Waals surface area contributed by atoms with Gasteiger partial charge in [-0.15, -0.1) is 0 Å². The molecule has 1 aliphatic heterocycles.